The lowest BCUT2D eigenvalue weighted by atomic mass is 9.71. The van der Waals surface area contributed by atoms with Gasteiger partial charge >= 0.3 is 0 Å². The summed E-state index contributed by atoms with van der Waals surface area (Å²) in [6.45, 7) is 8.83. The SMILES string of the molecule is CCC1=C(C)CC(O)CC1(C)C. The van der Waals surface area contributed by atoms with E-state index >= 15 is 0 Å². The minimum Gasteiger partial charge on any atom is -0.393 e. The van der Waals surface area contributed by atoms with Gasteiger partial charge in [-0.3, -0.25) is 0 Å². The first-order valence-electron chi connectivity index (χ1n) is 4.84. The molecule has 0 heterocycles. The Morgan fingerprint density at radius 3 is 2.50 bits per heavy atom. The van der Waals surface area contributed by atoms with Gasteiger partial charge in [-0.2, -0.15) is 0 Å². The summed E-state index contributed by atoms with van der Waals surface area (Å²) in [6.07, 6.45) is 2.82. The molecule has 0 bridgehead atoms. The van der Waals surface area contributed by atoms with Crippen LogP contribution in [0.2, 0.25) is 0 Å². The van der Waals surface area contributed by atoms with Crippen LogP contribution >= 0.6 is 0 Å². The predicted molar refractivity (Wildman–Crippen MR) is 52.0 cm³/mol. The summed E-state index contributed by atoms with van der Waals surface area (Å²) in [6, 6.07) is 0. The van der Waals surface area contributed by atoms with Crippen LogP contribution in [0.25, 0.3) is 0 Å². The lowest BCUT2D eigenvalue weighted by molar-refractivity contribution is 0.113. The van der Waals surface area contributed by atoms with E-state index in [0.717, 1.165) is 19.3 Å². The molecular formula is C11H20O. The normalized spacial score (nSPS) is 29.2. The quantitative estimate of drug-likeness (QED) is 0.597. The third-order valence-corrected chi connectivity index (χ3v) is 2.97. The molecule has 0 aliphatic heterocycles. The third kappa shape index (κ3) is 1.71. The molecule has 1 aliphatic rings. The molecule has 0 spiro atoms. The molecule has 0 aromatic rings. The molecule has 1 unspecified atom stereocenters. The first-order valence-corrected chi connectivity index (χ1v) is 4.84. The lowest BCUT2D eigenvalue weighted by Crippen LogP contribution is -2.28. The van der Waals surface area contributed by atoms with Crippen molar-refractivity contribution in [3.8, 4) is 0 Å². The van der Waals surface area contributed by atoms with Gasteiger partial charge in [-0.05, 0) is 31.6 Å². The number of rotatable bonds is 1. The molecule has 1 rings (SSSR count). The van der Waals surface area contributed by atoms with E-state index in [1.54, 1.807) is 5.57 Å². The summed E-state index contributed by atoms with van der Waals surface area (Å²) in [5.41, 5.74) is 3.17. The van der Waals surface area contributed by atoms with Gasteiger partial charge in [-0.1, -0.05) is 31.9 Å². The van der Waals surface area contributed by atoms with Gasteiger partial charge in [-0.15, -0.1) is 0 Å². The van der Waals surface area contributed by atoms with Crippen molar-refractivity contribution in [3.63, 3.8) is 0 Å². The predicted octanol–water partition coefficient (Wildman–Crippen LogP) is 2.89. The number of hydrogen-bond donors (Lipinski definition) is 1. The second-order valence-electron chi connectivity index (χ2n) is 4.56. The van der Waals surface area contributed by atoms with Crippen molar-refractivity contribution in [2.24, 2.45) is 5.41 Å². The topological polar surface area (TPSA) is 20.2 Å². The Bertz CT molecular complexity index is 201. The largest absolute Gasteiger partial charge is 0.393 e. The molecule has 12 heavy (non-hydrogen) atoms. The fraction of sp³-hybridized carbons (Fsp3) is 0.818. The minimum atomic E-state index is -0.115. The van der Waals surface area contributed by atoms with Crippen molar-refractivity contribution in [1.82, 2.24) is 0 Å². The summed E-state index contributed by atoms with van der Waals surface area (Å²) in [5.74, 6) is 0. The summed E-state index contributed by atoms with van der Waals surface area (Å²) >= 11 is 0. The monoisotopic (exact) mass is 168 g/mol. The van der Waals surface area contributed by atoms with Crippen molar-refractivity contribution in [2.75, 3.05) is 0 Å². The molecule has 0 amide bonds. The van der Waals surface area contributed by atoms with Crippen LogP contribution in [0.3, 0.4) is 0 Å². The van der Waals surface area contributed by atoms with E-state index < -0.39 is 0 Å². The maximum absolute atomic E-state index is 9.59. The molecule has 0 aromatic carbocycles. The molecule has 0 radical (unpaired) electrons. The standard InChI is InChI=1S/C11H20O/c1-5-10-8(2)6-9(12)7-11(10,3)4/h9,12H,5-7H2,1-4H3. The van der Waals surface area contributed by atoms with Crippen LogP contribution in [0.4, 0.5) is 0 Å². The first-order chi connectivity index (χ1) is 5.47. The van der Waals surface area contributed by atoms with Gasteiger partial charge < -0.3 is 5.11 Å². The Hall–Kier alpha value is -0.300. The zero-order chi connectivity index (χ0) is 9.35. The Morgan fingerprint density at radius 2 is 2.08 bits per heavy atom. The Morgan fingerprint density at radius 1 is 1.50 bits per heavy atom. The highest BCUT2D eigenvalue weighted by Gasteiger charge is 2.31. The van der Waals surface area contributed by atoms with Crippen LogP contribution < -0.4 is 0 Å². The molecule has 1 nitrogen and oxygen atoms in total. The third-order valence-electron chi connectivity index (χ3n) is 2.97. The van der Waals surface area contributed by atoms with E-state index in [2.05, 4.69) is 27.7 Å². The molecule has 0 fully saturated rings. The zero-order valence-corrected chi connectivity index (χ0v) is 8.65. The van der Waals surface area contributed by atoms with E-state index in [1.165, 1.54) is 5.57 Å². The smallest absolute Gasteiger partial charge is 0.0585 e. The molecule has 70 valence electrons. The highest BCUT2D eigenvalue weighted by molar-refractivity contribution is 5.23. The summed E-state index contributed by atoms with van der Waals surface area (Å²) in [7, 11) is 0. The minimum absolute atomic E-state index is 0.115. The van der Waals surface area contributed by atoms with Gasteiger partial charge in [-0.25, -0.2) is 0 Å². The number of allylic oxidation sites excluding steroid dienone is 1. The van der Waals surface area contributed by atoms with E-state index in [-0.39, 0.29) is 11.5 Å². The average molecular weight is 168 g/mol. The molecule has 0 saturated heterocycles. The van der Waals surface area contributed by atoms with Crippen LogP contribution in [0.15, 0.2) is 11.1 Å². The average Bonchev–Trinajstić information content (AvgIpc) is 1.82. The van der Waals surface area contributed by atoms with Crippen LogP contribution in [0.5, 0.6) is 0 Å². The fourth-order valence-corrected chi connectivity index (χ4v) is 2.62. The number of aliphatic hydroxyl groups excluding tert-OH is 1. The van der Waals surface area contributed by atoms with Crippen molar-refractivity contribution in [2.45, 2.75) is 53.1 Å². The highest BCUT2D eigenvalue weighted by atomic mass is 16.3. The Labute approximate surface area is 75.5 Å². The summed E-state index contributed by atoms with van der Waals surface area (Å²) in [5, 5.41) is 9.59. The van der Waals surface area contributed by atoms with Crippen molar-refractivity contribution >= 4 is 0 Å². The van der Waals surface area contributed by atoms with Gasteiger partial charge in [0.15, 0.2) is 0 Å². The van der Waals surface area contributed by atoms with Crippen LogP contribution in [-0.4, -0.2) is 11.2 Å². The molecule has 1 N–H and O–H groups in total. The Balaban J connectivity index is 2.96. The molecule has 1 heteroatoms. The second kappa shape index (κ2) is 3.21. The van der Waals surface area contributed by atoms with E-state index in [0.29, 0.717) is 0 Å². The summed E-state index contributed by atoms with van der Waals surface area (Å²) < 4.78 is 0. The molecule has 1 aliphatic carbocycles. The molecular weight excluding hydrogens is 148 g/mol. The van der Waals surface area contributed by atoms with Crippen molar-refractivity contribution < 1.29 is 5.11 Å². The highest BCUT2D eigenvalue weighted by Crippen LogP contribution is 2.41. The van der Waals surface area contributed by atoms with Crippen LogP contribution in [-0.2, 0) is 0 Å². The zero-order valence-electron chi connectivity index (χ0n) is 8.65. The van der Waals surface area contributed by atoms with Crippen LogP contribution in [0.1, 0.15) is 47.0 Å². The van der Waals surface area contributed by atoms with Gasteiger partial charge in [0.1, 0.15) is 0 Å². The van der Waals surface area contributed by atoms with E-state index in [1.807, 2.05) is 0 Å². The Kier molecular flexibility index (Phi) is 2.62. The van der Waals surface area contributed by atoms with Gasteiger partial charge in [0, 0.05) is 0 Å². The molecule has 0 aromatic heterocycles. The molecule has 1 atom stereocenters. The fourth-order valence-electron chi connectivity index (χ4n) is 2.62. The van der Waals surface area contributed by atoms with Crippen molar-refractivity contribution in [3.05, 3.63) is 11.1 Å². The maximum atomic E-state index is 9.59. The summed E-state index contributed by atoms with van der Waals surface area (Å²) in [4.78, 5) is 0. The second-order valence-corrected chi connectivity index (χ2v) is 4.56. The van der Waals surface area contributed by atoms with Gasteiger partial charge in [0.05, 0.1) is 6.10 Å². The maximum Gasteiger partial charge on any atom is 0.0585 e. The van der Waals surface area contributed by atoms with Crippen LogP contribution in [0, 0.1) is 5.41 Å². The van der Waals surface area contributed by atoms with Gasteiger partial charge in [0.25, 0.3) is 0 Å². The molecule has 0 saturated carbocycles. The first kappa shape index (κ1) is 9.79. The number of hydrogen-bond acceptors (Lipinski definition) is 1. The van der Waals surface area contributed by atoms with Gasteiger partial charge in [0.2, 0.25) is 0 Å². The lowest BCUT2D eigenvalue weighted by Gasteiger charge is -2.36. The van der Waals surface area contributed by atoms with E-state index in [9.17, 15) is 5.11 Å². The number of aliphatic hydroxyl groups is 1. The van der Waals surface area contributed by atoms with E-state index in [4.69, 9.17) is 0 Å². The van der Waals surface area contributed by atoms with Crippen molar-refractivity contribution in [1.29, 1.82) is 0 Å².